The number of anilines is 2. The van der Waals surface area contributed by atoms with Crippen LogP contribution in [0.2, 0.25) is 5.02 Å². The Morgan fingerprint density at radius 2 is 1.96 bits per heavy atom. The second kappa shape index (κ2) is 6.80. The number of carbonyl (C=O) groups excluding carboxylic acids is 2. The van der Waals surface area contributed by atoms with Crippen LogP contribution in [0.25, 0.3) is 0 Å². The lowest BCUT2D eigenvalue weighted by molar-refractivity contribution is -0.122. The Bertz CT molecular complexity index is 857. The maximum atomic E-state index is 13.2. The molecule has 1 N–H and O–H groups in total. The van der Waals surface area contributed by atoms with E-state index in [-0.39, 0.29) is 24.6 Å². The van der Waals surface area contributed by atoms with E-state index in [1.54, 1.807) is 23.1 Å². The zero-order valence-electron chi connectivity index (χ0n) is 13.4. The van der Waals surface area contributed by atoms with E-state index >= 15 is 0 Å². The molecule has 1 saturated heterocycles. The number of benzene rings is 2. The topological polar surface area (TPSA) is 49.4 Å². The number of nitrogens with one attached hydrogen (secondary N) is 1. The first-order chi connectivity index (χ1) is 11.8. The van der Waals surface area contributed by atoms with Gasteiger partial charge in [0.05, 0.1) is 5.92 Å². The summed E-state index contributed by atoms with van der Waals surface area (Å²) in [6.07, 6.45) is 0.0532. The van der Waals surface area contributed by atoms with Gasteiger partial charge in [0.15, 0.2) is 11.6 Å². The van der Waals surface area contributed by atoms with E-state index < -0.39 is 23.5 Å². The number of carbonyl (C=O) groups is 2. The molecule has 3 rings (SSSR count). The Morgan fingerprint density at radius 3 is 2.64 bits per heavy atom. The van der Waals surface area contributed by atoms with Crippen LogP contribution in [-0.2, 0) is 9.59 Å². The number of hydrogen-bond donors (Lipinski definition) is 1. The molecule has 2 amide bonds. The largest absolute Gasteiger partial charge is 0.326 e. The van der Waals surface area contributed by atoms with Crippen molar-refractivity contribution >= 4 is 34.8 Å². The van der Waals surface area contributed by atoms with Crippen molar-refractivity contribution < 1.29 is 18.4 Å². The summed E-state index contributed by atoms with van der Waals surface area (Å²) < 4.78 is 26.2. The van der Waals surface area contributed by atoms with Crippen LogP contribution in [0.3, 0.4) is 0 Å². The summed E-state index contributed by atoms with van der Waals surface area (Å²) in [4.78, 5) is 26.2. The fourth-order valence-corrected chi connectivity index (χ4v) is 3.08. The molecule has 7 heteroatoms. The molecule has 1 heterocycles. The van der Waals surface area contributed by atoms with E-state index in [0.29, 0.717) is 10.7 Å². The minimum Gasteiger partial charge on any atom is -0.326 e. The van der Waals surface area contributed by atoms with Gasteiger partial charge in [-0.15, -0.1) is 0 Å². The summed E-state index contributed by atoms with van der Waals surface area (Å²) in [6.45, 7) is 2.06. The number of hydrogen-bond acceptors (Lipinski definition) is 2. The fourth-order valence-electron chi connectivity index (χ4n) is 2.86. The van der Waals surface area contributed by atoms with E-state index in [9.17, 15) is 18.4 Å². The van der Waals surface area contributed by atoms with Gasteiger partial charge in [-0.3, -0.25) is 9.59 Å². The van der Waals surface area contributed by atoms with Crippen LogP contribution >= 0.6 is 11.6 Å². The third kappa shape index (κ3) is 3.64. The summed E-state index contributed by atoms with van der Waals surface area (Å²) in [5.41, 5.74) is 1.69. The molecule has 130 valence electrons. The van der Waals surface area contributed by atoms with E-state index in [2.05, 4.69) is 5.32 Å². The van der Waals surface area contributed by atoms with Gasteiger partial charge in [-0.05, 0) is 42.8 Å². The van der Waals surface area contributed by atoms with E-state index in [0.717, 1.165) is 17.7 Å². The molecule has 0 aromatic heterocycles. The lowest BCUT2D eigenvalue weighted by Gasteiger charge is -2.19. The first-order valence-electron chi connectivity index (χ1n) is 7.67. The van der Waals surface area contributed by atoms with Gasteiger partial charge in [-0.2, -0.15) is 0 Å². The molecule has 1 atom stereocenters. The molecule has 0 spiro atoms. The molecule has 1 fully saturated rings. The lowest BCUT2D eigenvalue weighted by atomic mass is 10.1. The summed E-state index contributed by atoms with van der Waals surface area (Å²) in [7, 11) is 0. The van der Waals surface area contributed by atoms with Gasteiger partial charge >= 0.3 is 0 Å². The highest BCUT2D eigenvalue weighted by atomic mass is 35.5. The molecule has 1 unspecified atom stereocenters. The van der Waals surface area contributed by atoms with Crippen molar-refractivity contribution in [3.63, 3.8) is 0 Å². The predicted molar refractivity (Wildman–Crippen MR) is 91.6 cm³/mol. The minimum atomic E-state index is -1.04. The van der Waals surface area contributed by atoms with Gasteiger partial charge in [0.1, 0.15) is 0 Å². The van der Waals surface area contributed by atoms with Crippen LogP contribution in [0.1, 0.15) is 12.0 Å². The van der Waals surface area contributed by atoms with Crippen LogP contribution in [0.5, 0.6) is 0 Å². The first kappa shape index (κ1) is 17.4. The second-order valence-electron chi connectivity index (χ2n) is 5.95. The highest BCUT2D eigenvalue weighted by Gasteiger charge is 2.35. The van der Waals surface area contributed by atoms with Crippen molar-refractivity contribution in [3.05, 3.63) is 58.6 Å². The van der Waals surface area contributed by atoms with Gasteiger partial charge in [0.2, 0.25) is 11.8 Å². The molecular formula is C18H15ClF2N2O2. The van der Waals surface area contributed by atoms with Gasteiger partial charge in [-0.1, -0.05) is 11.6 Å². The monoisotopic (exact) mass is 364 g/mol. The fraction of sp³-hybridized carbons (Fsp3) is 0.222. The van der Waals surface area contributed by atoms with Gasteiger partial charge in [-0.25, -0.2) is 8.78 Å². The maximum Gasteiger partial charge on any atom is 0.229 e. The first-order valence-corrected chi connectivity index (χ1v) is 8.05. The molecule has 25 heavy (non-hydrogen) atoms. The molecule has 0 aliphatic carbocycles. The SMILES string of the molecule is Cc1cc(Cl)ccc1N1CC(C(=O)Nc2ccc(F)c(F)c2)CC1=O. The van der Waals surface area contributed by atoms with Gasteiger partial charge in [0.25, 0.3) is 0 Å². The highest BCUT2D eigenvalue weighted by Crippen LogP contribution is 2.30. The van der Waals surface area contributed by atoms with Crippen molar-refractivity contribution in [2.45, 2.75) is 13.3 Å². The van der Waals surface area contributed by atoms with Crippen molar-refractivity contribution in [1.82, 2.24) is 0 Å². The van der Waals surface area contributed by atoms with E-state index in [1.807, 2.05) is 6.92 Å². The highest BCUT2D eigenvalue weighted by molar-refractivity contribution is 6.30. The summed E-state index contributed by atoms with van der Waals surface area (Å²) in [5.74, 6) is -3.18. The molecule has 0 radical (unpaired) electrons. The standard InChI is InChI=1S/C18H15ClF2N2O2/c1-10-6-12(19)2-5-16(10)23-9-11(7-17(23)24)18(25)22-13-3-4-14(20)15(21)8-13/h2-6,8,11H,7,9H2,1H3,(H,22,25). The molecule has 1 aliphatic rings. The van der Waals surface area contributed by atoms with Crippen molar-refractivity contribution in [2.24, 2.45) is 5.92 Å². The zero-order valence-corrected chi connectivity index (χ0v) is 14.1. The number of halogens is 3. The minimum absolute atomic E-state index is 0.0532. The number of rotatable bonds is 3. The molecular weight excluding hydrogens is 350 g/mol. The van der Waals surface area contributed by atoms with E-state index in [4.69, 9.17) is 11.6 Å². The zero-order chi connectivity index (χ0) is 18.1. The Morgan fingerprint density at radius 1 is 1.20 bits per heavy atom. The second-order valence-corrected chi connectivity index (χ2v) is 6.39. The Balaban J connectivity index is 1.73. The molecule has 0 saturated carbocycles. The lowest BCUT2D eigenvalue weighted by Crippen LogP contribution is -2.28. The average molecular weight is 365 g/mol. The molecule has 0 bridgehead atoms. The summed E-state index contributed by atoms with van der Waals surface area (Å²) in [5, 5.41) is 3.09. The summed E-state index contributed by atoms with van der Waals surface area (Å²) in [6, 6.07) is 8.29. The quantitative estimate of drug-likeness (QED) is 0.897. The molecule has 4 nitrogen and oxygen atoms in total. The normalized spacial score (nSPS) is 17.0. The van der Waals surface area contributed by atoms with Crippen molar-refractivity contribution in [2.75, 3.05) is 16.8 Å². The van der Waals surface area contributed by atoms with Crippen LogP contribution in [0, 0.1) is 24.5 Å². The van der Waals surface area contributed by atoms with Crippen molar-refractivity contribution in [1.29, 1.82) is 0 Å². The number of amides is 2. The third-order valence-corrected chi connectivity index (χ3v) is 4.37. The van der Waals surface area contributed by atoms with Gasteiger partial charge in [0, 0.05) is 35.4 Å². The average Bonchev–Trinajstić information content (AvgIpc) is 2.93. The molecule has 2 aromatic carbocycles. The number of nitrogens with zero attached hydrogens (tertiary/aromatic N) is 1. The Hall–Kier alpha value is -2.47. The molecule has 2 aromatic rings. The van der Waals surface area contributed by atoms with Crippen LogP contribution in [-0.4, -0.2) is 18.4 Å². The van der Waals surface area contributed by atoms with Crippen molar-refractivity contribution in [3.8, 4) is 0 Å². The van der Waals surface area contributed by atoms with Gasteiger partial charge < -0.3 is 10.2 Å². The van der Waals surface area contributed by atoms with Crippen LogP contribution in [0.4, 0.5) is 20.2 Å². The maximum absolute atomic E-state index is 13.2. The Labute approximate surface area is 148 Å². The van der Waals surface area contributed by atoms with Crippen LogP contribution < -0.4 is 10.2 Å². The van der Waals surface area contributed by atoms with E-state index in [1.165, 1.54) is 6.07 Å². The van der Waals surface area contributed by atoms with Crippen LogP contribution in [0.15, 0.2) is 36.4 Å². The Kier molecular flexibility index (Phi) is 4.72. The third-order valence-electron chi connectivity index (χ3n) is 4.13. The predicted octanol–water partition coefficient (Wildman–Crippen LogP) is 3.92. The smallest absolute Gasteiger partial charge is 0.229 e. The molecule has 1 aliphatic heterocycles. The number of aryl methyl sites for hydroxylation is 1. The summed E-state index contributed by atoms with van der Waals surface area (Å²) >= 11 is 5.93.